The third-order valence-electron chi connectivity index (χ3n) is 22.2. The van der Waals surface area contributed by atoms with Crippen LogP contribution >= 0.6 is 22.7 Å². The topological polar surface area (TPSA) is 374 Å². The summed E-state index contributed by atoms with van der Waals surface area (Å²) in [6.07, 6.45) is 20.6. The number of aliphatic imine (C=N–C) groups is 1. The molecule has 8 aromatic carbocycles. The van der Waals surface area contributed by atoms with Crippen molar-refractivity contribution in [3.63, 3.8) is 0 Å². The van der Waals surface area contributed by atoms with Crippen LogP contribution in [0.5, 0.6) is 23.0 Å². The standard InChI is InChI=1S/C22H23N3O3.C20H22N2O3.C19H15N3OS.C17H11N3O2.C17H11N3OS.C16H10N4O2/c1-3-26-19-12-11-17(14-20(19)27-4-2)22-24-21(25-28-22)16-9-7-15(8-10-16)18-6-5-13-23-18;1-5-23-17-10-9-16(12-18(17)24-6-2)20-21-19(22-25-20)15-8-7-13(3)14(4)11-15;1-12-11-20-9-8-15(12)18-21-19(23-22-18)17-10-16(13(2)24-17)14-6-4-3-5-7-14;1-3-13(15-5-2-10-21-15)11-14(4-1)17-19-16(20-22-17)12-6-8-18-9-7-12;1-3-13(15-5-2-10-22-15)11-14(4-1)17-19-16(20-21-17)12-6-8-18-9-7-12;1-2-12(14-9-21-10-18-14)8-13(3-1)16-19-15(20-22-16)11-4-6-17-7-5-11/h7-12,14H,3-6,13H2,1-2H3;7-12H,5-6H2,1-4H3;3-11H,1-2H3;2*1-11H;1-10H. The lowest BCUT2D eigenvalue weighted by molar-refractivity contribution is 0.288. The van der Waals surface area contributed by atoms with Gasteiger partial charge in [0, 0.05) is 144 Å². The Bertz CT molecular complexity index is 7520. The van der Waals surface area contributed by atoms with Crippen LogP contribution in [0, 0.1) is 27.7 Å². The number of hydrogen-bond donors (Lipinski definition) is 0. The molecule has 0 atom stereocenters. The highest BCUT2D eigenvalue weighted by molar-refractivity contribution is 7.15. The lowest BCUT2D eigenvalue weighted by atomic mass is 10.1. The summed E-state index contributed by atoms with van der Waals surface area (Å²) in [5, 5.41) is 26.5. The summed E-state index contributed by atoms with van der Waals surface area (Å²) in [7, 11) is 0. The van der Waals surface area contributed by atoms with Crippen LogP contribution in [0.15, 0.2) is 370 Å². The monoisotopic (exact) mass is 1930 g/mol. The Labute approximate surface area is 829 Å². The third-order valence-corrected chi connectivity index (χ3v) is 24.2. The zero-order valence-corrected chi connectivity index (χ0v) is 80.5. The molecule has 0 radical (unpaired) electrons. The Morgan fingerprint density at radius 2 is 0.769 bits per heavy atom. The van der Waals surface area contributed by atoms with Crippen molar-refractivity contribution >= 4 is 28.4 Å². The number of ether oxygens (including phenoxy) is 4. The van der Waals surface area contributed by atoms with E-state index in [0.29, 0.717) is 120 Å². The quantitative estimate of drug-likeness (QED) is 0.0513. The number of nitrogens with zero attached hydrogens (tertiary/aromatic N) is 18. The van der Waals surface area contributed by atoms with Crippen molar-refractivity contribution in [1.82, 2.24) is 85.8 Å². The average molecular weight is 1930 g/mol. The number of aromatic nitrogens is 17. The zero-order chi connectivity index (χ0) is 98.0. The van der Waals surface area contributed by atoms with Crippen molar-refractivity contribution in [2.24, 2.45) is 4.99 Å². The summed E-state index contributed by atoms with van der Waals surface area (Å²) in [4.78, 5) is 55.1. The molecule has 1 aliphatic heterocycles. The third kappa shape index (κ3) is 23.9. The highest BCUT2D eigenvalue weighted by Gasteiger charge is 2.23. The van der Waals surface area contributed by atoms with E-state index in [1.807, 2.05) is 229 Å². The van der Waals surface area contributed by atoms with Crippen LogP contribution in [-0.2, 0) is 0 Å². The molecule has 0 N–H and O–H groups in total. The first-order chi connectivity index (χ1) is 70.3. The van der Waals surface area contributed by atoms with E-state index in [9.17, 15) is 0 Å². The van der Waals surface area contributed by atoms with Crippen molar-refractivity contribution in [3.8, 4) is 204 Å². The van der Waals surface area contributed by atoms with E-state index in [1.54, 1.807) is 84.8 Å². The molecule has 0 unspecified atom stereocenters. The van der Waals surface area contributed by atoms with Gasteiger partial charge in [0.2, 0.25) is 34.9 Å². The molecule has 1 aliphatic rings. The molecule has 0 bridgehead atoms. The van der Waals surface area contributed by atoms with Crippen molar-refractivity contribution in [2.75, 3.05) is 33.0 Å². The Hall–Kier alpha value is -18.0. The molecule has 0 spiro atoms. The molecule has 0 saturated heterocycles. The van der Waals surface area contributed by atoms with E-state index >= 15 is 0 Å². The maximum Gasteiger partial charge on any atom is 0.268 e. The van der Waals surface area contributed by atoms with E-state index in [4.69, 9.17) is 54.9 Å². The zero-order valence-electron chi connectivity index (χ0n) is 78.9. The molecule has 14 aromatic heterocycles. The van der Waals surface area contributed by atoms with Crippen molar-refractivity contribution in [3.05, 3.63) is 356 Å². The maximum absolute atomic E-state index is 5.68. The molecule has 0 fully saturated rings. The van der Waals surface area contributed by atoms with Crippen molar-refractivity contribution < 1.29 is 54.9 Å². The van der Waals surface area contributed by atoms with Crippen molar-refractivity contribution in [2.45, 2.75) is 68.2 Å². The lowest BCUT2D eigenvalue weighted by Gasteiger charge is -2.11. The van der Waals surface area contributed by atoms with Gasteiger partial charge in [-0.25, -0.2) is 4.98 Å². The van der Waals surface area contributed by atoms with Crippen LogP contribution in [-0.4, -0.2) is 124 Å². The van der Waals surface area contributed by atoms with Gasteiger partial charge in [0.05, 0.1) is 37.6 Å². The van der Waals surface area contributed by atoms with Gasteiger partial charge in [0.25, 0.3) is 35.3 Å². The Morgan fingerprint density at radius 3 is 1.26 bits per heavy atom. The molecule has 22 aromatic rings. The maximum atomic E-state index is 5.68. The van der Waals surface area contributed by atoms with Gasteiger partial charge in [-0.3, -0.25) is 24.9 Å². The van der Waals surface area contributed by atoms with E-state index in [2.05, 4.69) is 178 Å². The fourth-order valence-corrected chi connectivity index (χ4v) is 16.6. The van der Waals surface area contributed by atoms with E-state index in [1.165, 1.54) is 44.1 Å². The van der Waals surface area contributed by atoms with Crippen molar-refractivity contribution in [1.29, 1.82) is 0 Å². The predicted molar refractivity (Wildman–Crippen MR) is 546 cm³/mol. The van der Waals surface area contributed by atoms with Crippen LogP contribution in [0.2, 0.25) is 0 Å². The number of hydrogen-bond acceptors (Lipinski definition) is 32. The van der Waals surface area contributed by atoms with Gasteiger partial charge in [-0.15, -0.1) is 22.7 Å². The summed E-state index contributed by atoms with van der Waals surface area (Å²) in [6.45, 7) is 19.2. The lowest BCUT2D eigenvalue weighted by Crippen LogP contribution is -1.98. The summed E-state index contributed by atoms with van der Waals surface area (Å²) < 4.78 is 65.5. The van der Waals surface area contributed by atoms with E-state index in [-0.39, 0.29) is 0 Å². The van der Waals surface area contributed by atoms with Crippen LogP contribution in [0.3, 0.4) is 0 Å². The van der Waals surface area contributed by atoms with Gasteiger partial charge in [-0.05, 0) is 258 Å². The van der Waals surface area contributed by atoms with E-state index < -0.39 is 0 Å². The second kappa shape index (κ2) is 46.4. The molecule has 0 amide bonds. The molecular formula is C111H92N18O12S2. The molecule has 30 nitrogen and oxygen atoms in total. The predicted octanol–water partition coefficient (Wildman–Crippen LogP) is 26.8. The van der Waals surface area contributed by atoms with Crippen LogP contribution in [0.4, 0.5) is 0 Å². The van der Waals surface area contributed by atoms with Gasteiger partial charge < -0.3 is 54.9 Å². The molecule has 0 aliphatic carbocycles. The SMILES string of the molecule is CCOc1ccc(-c2nc(-c3ccc(C)c(C)c3)no2)cc1OCC.CCOc1ccc(-c2nc(-c3ccc(C4=NCCC4)cc3)no2)cc1OCC.Cc1cnccc1-c1noc(-c2cc(-c3ccccc3)c(C)s2)n1.c1cc(-c2ccco2)cc(-c2nc(-c3ccncc3)no2)c1.c1cc(-c2cocn2)cc(-c2nc(-c3ccncc3)no2)c1.c1cc(-c2nc(-c3ccncc3)no2)cc(-c2cccs2)c1. The number of thiophene rings is 2. The largest absolute Gasteiger partial charge is 0.490 e. The van der Waals surface area contributed by atoms with Crippen LogP contribution in [0.1, 0.15) is 67.7 Å². The van der Waals surface area contributed by atoms with Crippen LogP contribution in [0.25, 0.3) is 181 Å². The van der Waals surface area contributed by atoms with E-state index in [0.717, 1.165) is 125 Å². The highest BCUT2D eigenvalue weighted by atomic mass is 32.1. The fraction of sp³-hybridized carbons (Fsp3) is 0.135. The second-order valence-electron chi connectivity index (χ2n) is 31.8. The molecule has 23 rings (SSSR count). The molecule has 15 heterocycles. The number of pyridine rings is 4. The fourth-order valence-electron chi connectivity index (χ4n) is 14.9. The first-order valence-electron chi connectivity index (χ1n) is 45.9. The minimum absolute atomic E-state index is 0.447. The van der Waals surface area contributed by atoms with Gasteiger partial charge in [0.1, 0.15) is 17.7 Å². The molecule has 0 saturated carbocycles. The summed E-state index contributed by atoms with van der Waals surface area (Å²) >= 11 is 3.37. The number of rotatable bonds is 25. The van der Waals surface area contributed by atoms with Gasteiger partial charge in [-0.1, -0.05) is 140 Å². The van der Waals surface area contributed by atoms with Gasteiger partial charge in [0.15, 0.2) is 29.4 Å². The highest BCUT2D eigenvalue weighted by Crippen LogP contribution is 2.41. The normalized spacial score (nSPS) is 11.3. The average Bonchev–Trinajstić information content (AvgIpc) is 1.78. The minimum Gasteiger partial charge on any atom is -0.490 e. The minimum atomic E-state index is 0.447. The second-order valence-corrected chi connectivity index (χ2v) is 34.0. The first-order valence-corrected chi connectivity index (χ1v) is 47.6. The summed E-state index contributed by atoms with van der Waals surface area (Å²) in [6, 6.07) is 82.5. The first kappa shape index (κ1) is 95.3. The number of benzene rings is 8. The molecule has 32 heteroatoms. The summed E-state index contributed by atoms with van der Waals surface area (Å²) in [5.41, 5.74) is 21.6. The Kier molecular flexibility index (Phi) is 30.9. The number of furan rings is 1. The number of oxazole rings is 1. The Balaban J connectivity index is 0.000000113. The van der Waals surface area contributed by atoms with Crippen LogP contribution < -0.4 is 18.9 Å². The Morgan fingerprint density at radius 1 is 0.322 bits per heavy atom. The number of aryl methyl sites for hydroxylation is 4. The molecule has 710 valence electrons. The summed E-state index contributed by atoms with van der Waals surface area (Å²) in [5.74, 6) is 9.83. The van der Waals surface area contributed by atoms with Gasteiger partial charge >= 0.3 is 0 Å². The smallest absolute Gasteiger partial charge is 0.268 e. The molecule has 143 heavy (non-hydrogen) atoms. The van der Waals surface area contributed by atoms with Gasteiger partial charge in [-0.2, -0.15) is 29.9 Å². The molecular weight excluding hydrogens is 1840 g/mol.